The summed E-state index contributed by atoms with van der Waals surface area (Å²) in [5.74, 6) is 0. The molecule has 0 bridgehead atoms. The van der Waals surface area contributed by atoms with E-state index in [-0.39, 0.29) is 5.56 Å². The van der Waals surface area contributed by atoms with Crippen molar-refractivity contribution < 1.29 is 13.2 Å². The number of hydrogen-bond donors (Lipinski definition) is 1. The first-order valence-corrected chi connectivity index (χ1v) is 7.71. The van der Waals surface area contributed by atoms with Crippen LogP contribution in [0.5, 0.6) is 0 Å². The van der Waals surface area contributed by atoms with E-state index in [0.717, 1.165) is 20.6 Å². The van der Waals surface area contributed by atoms with E-state index in [1.165, 1.54) is 12.1 Å². The van der Waals surface area contributed by atoms with Gasteiger partial charge in [-0.2, -0.15) is 13.2 Å². The molecule has 0 saturated heterocycles. The van der Waals surface area contributed by atoms with Crippen molar-refractivity contribution in [3.8, 4) is 0 Å². The Morgan fingerprint density at radius 1 is 1.00 bits per heavy atom. The molecule has 6 heteroatoms. The average molecular weight is 423 g/mol. The molecule has 0 aliphatic rings. The smallest absolute Gasteiger partial charge is 0.309 e. The molecule has 0 fully saturated rings. The molecule has 0 aromatic heterocycles. The largest absolute Gasteiger partial charge is 0.416 e. The maximum absolute atomic E-state index is 13.2. The lowest BCUT2D eigenvalue weighted by Gasteiger charge is -2.23. The lowest BCUT2D eigenvalue weighted by molar-refractivity contribution is -0.138. The van der Waals surface area contributed by atoms with Gasteiger partial charge in [-0.25, -0.2) is 0 Å². The molecule has 2 rings (SSSR count). The van der Waals surface area contributed by atoms with Gasteiger partial charge >= 0.3 is 6.18 Å². The number of hydrogen-bond acceptors (Lipinski definition) is 1. The summed E-state index contributed by atoms with van der Waals surface area (Å²) < 4.78 is 41.1. The van der Waals surface area contributed by atoms with Crippen LogP contribution in [0.3, 0.4) is 0 Å². The van der Waals surface area contributed by atoms with Crippen molar-refractivity contribution in [2.24, 2.45) is 0 Å². The third kappa shape index (κ3) is 3.67. The molecular weight excluding hydrogens is 411 g/mol. The van der Waals surface area contributed by atoms with Gasteiger partial charge in [0.2, 0.25) is 0 Å². The van der Waals surface area contributed by atoms with Crippen LogP contribution >= 0.6 is 31.9 Å². The molecule has 1 atom stereocenters. The second-order valence-corrected chi connectivity index (χ2v) is 6.24. The van der Waals surface area contributed by atoms with E-state index >= 15 is 0 Å². The maximum Gasteiger partial charge on any atom is 0.416 e. The lowest BCUT2D eigenvalue weighted by atomic mass is 9.94. The first kappa shape index (κ1) is 16.5. The monoisotopic (exact) mass is 421 g/mol. The summed E-state index contributed by atoms with van der Waals surface area (Å²) in [5.41, 5.74) is 0.311. The first-order chi connectivity index (χ1) is 9.84. The van der Waals surface area contributed by atoms with Crippen LogP contribution in [0.15, 0.2) is 51.4 Å². The minimum atomic E-state index is -4.38. The van der Waals surface area contributed by atoms with E-state index in [4.69, 9.17) is 0 Å². The molecule has 2 aromatic rings. The van der Waals surface area contributed by atoms with Crippen molar-refractivity contribution in [1.82, 2.24) is 5.32 Å². The Morgan fingerprint density at radius 3 is 2.29 bits per heavy atom. The van der Waals surface area contributed by atoms with Gasteiger partial charge in [-0.05, 0) is 42.4 Å². The van der Waals surface area contributed by atoms with E-state index in [1.54, 1.807) is 25.2 Å². The van der Waals surface area contributed by atoms with Crippen LogP contribution < -0.4 is 5.32 Å². The molecule has 1 unspecified atom stereocenters. The Labute approximate surface area is 137 Å². The SMILES string of the molecule is CNC(c1cc(Br)ccc1Br)c1ccccc1C(F)(F)F. The van der Waals surface area contributed by atoms with Crippen molar-refractivity contribution in [2.45, 2.75) is 12.2 Å². The molecule has 0 saturated carbocycles. The van der Waals surface area contributed by atoms with E-state index in [9.17, 15) is 13.2 Å². The molecule has 1 N–H and O–H groups in total. The highest BCUT2D eigenvalue weighted by molar-refractivity contribution is 9.11. The van der Waals surface area contributed by atoms with Gasteiger partial charge in [0, 0.05) is 8.95 Å². The third-order valence-corrected chi connectivity index (χ3v) is 4.35. The Balaban J connectivity index is 2.60. The minimum Gasteiger partial charge on any atom is -0.309 e. The highest BCUT2D eigenvalue weighted by Gasteiger charge is 2.35. The van der Waals surface area contributed by atoms with Crippen molar-refractivity contribution in [3.05, 3.63) is 68.1 Å². The van der Waals surface area contributed by atoms with Crippen LogP contribution in [0.4, 0.5) is 13.2 Å². The molecule has 21 heavy (non-hydrogen) atoms. The summed E-state index contributed by atoms with van der Waals surface area (Å²) >= 11 is 6.76. The molecule has 0 spiro atoms. The summed E-state index contributed by atoms with van der Waals surface area (Å²) in [7, 11) is 1.64. The highest BCUT2D eigenvalue weighted by atomic mass is 79.9. The minimum absolute atomic E-state index is 0.200. The standard InChI is InChI=1S/C15H12Br2F3N/c1-21-14(11-8-9(16)6-7-13(11)17)10-4-2-3-5-12(10)15(18,19)20/h2-8,14,21H,1H3. The Kier molecular flexibility index (Phi) is 5.11. The van der Waals surface area contributed by atoms with Crippen LogP contribution in [-0.4, -0.2) is 7.05 Å². The number of halogens is 5. The summed E-state index contributed by atoms with van der Waals surface area (Å²) in [5, 5.41) is 2.96. The van der Waals surface area contributed by atoms with Gasteiger partial charge < -0.3 is 5.32 Å². The average Bonchev–Trinajstić information content (AvgIpc) is 2.43. The van der Waals surface area contributed by atoms with Gasteiger partial charge in [0.25, 0.3) is 0 Å². The number of nitrogens with one attached hydrogen (secondary N) is 1. The molecule has 0 aliphatic heterocycles. The normalized spacial score (nSPS) is 13.2. The molecule has 0 aliphatic carbocycles. The fraction of sp³-hybridized carbons (Fsp3) is 0.200. The third-order valence-electron chi connectivity index (χ3n) is 3.13. The predicted octanol–water partition coefficient (Wildman–Crippen LogP) is 5.54. The maximum atomic E-state index is 13.2. The van der Waals surface area contributed by atoms with E-state index < -0.39 is 17.8 Å². The Hall–Kier alpha value is -0.850. The van der Waals surface area contributed by atoms with Gasteiger partial charge in [0.05, 0.1) is 11.6 Å². The molecule has 0 heterocycles. The quantitative estimate of drug-likeness (QED) is 0.684. The van der Waals surface area contributed by atoms with Crippen molar-refractivity contribution in [3.63, 3.8) is 0 Å². The predicted molar refractivity (Wildman–Crippen MR) is 84.2 cm³/mol. The molecule has 112 valence electrons. The summed E-state index contributed by atoms with van der Waals surface area (Å²) in [6.07, 6.45) is -4.38. The van der Waals surface area contributed by atoms with E-state index in [0.29, 0.717) is 0 Å². The summed E-state index contributed by atoms with van der Waals surface area (Å²) in [6.45, 7) is 0. The summed E-state index contributed by atoms with van der Waals surface area (Å²) in [6, 6.07) is 10.5. The zero-order valence-electron chi connectivity index (χ0n) is 11.0. The highest BCUT2D eigenvalue weighted by Crippen LogP contribution is 2.38. The van der Waals surface area contributed by atoms with Crippen LogP contribution in [-0.2, 0) is 6.18 Å². The summed E-state index contributed by atoms with van der Waals surface area (Å²) in [4.78, 5) is 0. The van der Waals surface area contributed by atoms with Crippen LogP contribution in [0.1, 0.15) is 22.7 Å². The topological polar surface area (TPSA) is 12.0 Å². The number of benzene rings is 2. The van der Waals surface area contributed by atoms with Crippen LogP contribution in [0.2, 0.25) is 0 Å². The molecule has 0 amide bonds. The zero-order valence-corrected chi connectivity index (χ0v) is 14.2. The van der Waals surface area contributed by atoms with Gasteiger partial charge in [-0.3, -0.25) is 0 Å². The second-order valence-electron chi connectivity index (χ2n) is 4.47. The molecular formula is C15H12Br2F3N. The number of rotatable bonds is 3. The van der Waals surface area contributed by atoms with Crippen LogP contribution in [0.25, 0.3) is 0 Å². The molecule has 0 radical (unpaired) electrons. The first-order valence-electron chi connectivity index (χ1n) is 6.13. The van der Waals surface area contributed by atoms with E-state index in [2.05, 4.69) is 37.2 Å². The Bertz CT molecular complexity index is 641. The number of alkyl halides is 3. The molecule has 1 nitrogen and oxygen atoms in total. The van der Waals surface area contributed by atoms with E-state index in [1.807, 2.05) is 6.07 Å². The van der Waals surface area contributed by atoms with Gasteiger partial charge in [0.1, 0.15) is 0 Å². The second kappa shape index (κ2) is 6.50. The van der Waals surface area contributed by atoms with Crippen molar-refractivity contribution >= 4 is 31.9 Å². The van der Waals surface area contributed by atoms with Crippen molar-refractivity contribution in [2.75, 3.05) is 7.05 Å². The van der Waals surface area contributed by atoms with Gasteiger partial charge in [-0.1, -0.05) is 50.1 Å². The molecule has 2 aromatic carbocycles. The van der Waals surface area contributed by atoms with Crippen LogP contribution in [0, 0.1) is 0 Å². The van der Waals surface area contributed by atoms with Gasteiger partial charge in [-0.15, -0.1) is 0 Å². The fourth-order valence-corrected chi connectivity index (χ4v) is 3.08. The Morgan fingerprint density at radius 2 is 1.67 bits per heavy atom. The van der Waals surface area contributed by atoms with Gasteiger partial charge in [0.15, 0.2) is 0 Å². The lowest BCUT2D eigenvalue weighted by Crippen LogP contribution is -2.22. The fourth-order valence-electron chi connectivity index (χ4n) is 2.22. The van der Waals surface area contributed by atoms with Crippen molar-refractivity contribution in [1.29, 1.82) is 0 Å². The zero-order chi connectivity index (χ0) is 15.6.